The van der Waals surface area contributed by atoms with Gasteiger partial charge in [-0.15, -0.1) is 0 Å². The Kier molecular flexibility index (Phi) is 4.50. The molecule has 0 fully saturated rings. The van der Waals surface area contributed by atoms with E-state index in [-0.39, 0.29) is 30.4 Å². The number of rotatable bonds is 3. The summed E-state index contributed by atoms with van der Waals surface area (Å²) in [6, 6.07) is 11.2. The standard InChI is InChI=1S/C20H20N4O3S/c1-20(2,3)12-7-8-16-15(9-12)24(18(26)11-27-16)10-17(25)21-13-5-4-6-14-19(13)23-28-22-14/h4-9H,10-11H2,1-3H3,(H,21,25). The summed E-state index contributed by atoms with van der Waals surface area (Å²) in [4.78, 5) is 26.6. The molecule has 0 saturated heterocycles. The minimum atomic E-state index is -0.303. The lowest BCUT2D eigenvalue weighted by molar-refractivity contribution is -0.123. The molecular formula is C20H20N4O3S. The van der Waals surface area contributed by atoms with E-state index in [1.165, 1.54) is 4.90 Å². The zero-order valence-electron chi connectivity index (χ0n) is 15.9. The van der Waals surface area contributed by atoms with E-state index in [9.17, 15) is 9.59 Å². The van der Waals surface area contributed by atoms with Crippen molar-refractivity contribution in [3.63, 3.8) is 0 Å². The Bertz CT molecular complexity index is 1070. The van der Waals surface area contributed by atoms with Crippen molar-refractivity contribution < 1.29 is 14.3 Å². The summed E-state index contributed by atoms with van der Waals surface area (Å²) in [5.74, 6) is 0.0521. The first-order valence-corrected chi connectivity index (χ1v) is 9.65. The van der Waals surface area contributed by atoms with Crippen molar-refractivity contribution in [2.75, 3.05) is 23.4 Å². The van der Waals surface area contributed by atoms with Gasteiger partial charge in [0, 0.05) is 0 Å². The molecule has 2 amide bonds. The summed E-state index contributed by atoms with van der Waals surface area (Å²) in [6.45, 7) is 6.11. The third-order valence-electron chi connectivity index (χ3n) is 4.63. The Morgan fingerprint density at radius 3 is 2.86 bits per heavy atom. The predicted molar refractivity (Wildman–Crippen MR) is 109 cm³/mol. The number of benzene rings is 2. The third-order valence-corrected chi connectivity index (χ3v) is 5.17. The van der Waals surface area contributed by atoms with E-state index in [0.29, 0.717) is 22.6 Å². The SMILES string of the molecule is CC(C)(C)c1ccc2c(c1)N(CC(=O)Nc1cccc3nsnc13)C(=O)CO2. The Morgan fingerprint density at radius 1 is 1.25 bits per heavy atom. The molecule has 1 aliphatic rings. The molecule has 0 atom stereocenters. The van der Waals surface area contributed by atoms with E-state index >= 15 is 0 Å². The predicted octanol–water partition coefficient (Wildman–Crippen LogP) is 3.35. The summed E-state index contributed by atoms with van der Waals surface area (Å²) in [5, 5.41) is 2.85. The molecular weight excluding hydrogens is 376 g/mol. The maximum absolute atomic E-state index is 12.7. The summed E-state index contributed by atoms with van der Waals surface area (Å²) in [7, 11) is 0. The van der Waals surface area contributed by atoms with Gasteiger partial charge in [-0.25, -0.2) is 0 Å². The van der Waals surface area contributed by atoms with Crippen molar-refractivity contribution >= 4 is 46.0 Å². The first kappa shape index (κ1) is 18.4. The Hall–Kier alpha value is -3.00. The first-order chi connectivity index (χ1) is 13.3. The number of amides is 2. The summed E-state index contributed by atoms with van der Waals surface area (Å²) < 4.78 is 13.9. The lowest BCUT2D eigenvalue weighted by atomic mass is 9.86. The number of hydrogen-bond donors (Lipinski definition) is 1. The smallest absolute Gasteiger partial charge is 0.265 e. The van der Waals surface area contributed by atoms with Crippen LogP contribution >= 0.6 is 11.7 Å². The lowest BCUT2D eigenvalue weighted by Gasteiger charge is -2.31. The molecule has 28 heavy (non-hydrogen) atoms. The average molecular weight is 396 g/mol. The van der Waals surface area contributed by atoms with Crippen LogP contribution in [-0.2, 0) is 15.0 Å². The fourth-order valence-corrected chi connectivity index (χ4v) is 3.63. The fraction of sp³-hybridized carbons (Fsp3) is 0.300. The van der Waals surface area contributed by atoms with Crippen molar-refractivity contribution in [2.24, 2.45) is 0 Å². The van der Waals surface area contributed by atoms with E-state index < -0.39 is 0 Å². The molecule has 8 heteroatoms. The topological polar surface area (TPSA) is 84.4 Å². The highest BCUT2D eigenvalue weighted by molar-refractivity contribution is 7.00. The van der Waals surface area contributed by atoms with Crippen molar-refractivity contribution in [2.45, 2.75) is 26.2 Å². The number of hydrogen-bond acceptors (Lipinski definition) is 6. The van der Waals surface area contributed by atoms with Crippen LogP contribution in [0.25, 0.3) is 11.0 Å². The minimum Gasteiger partial charge on any atom is -0.482 e. The molecule has 1 N–H and O–H groups in total. The maximum Gasteiger partial charge on any atom is 0.265 e. The van der Waals surface area contributed by atoms with Gasteiger partial charge in [0.15, 0.2) is 6.61 Å². The van der Waals surface area contributed by atoms with Crippen molar-refractivity contribution in [3.8, 4) is 5.75 Å². The number of aromatic nitrogens is 2. The number of carbonyl (C=O) groups excluding carboxylic acids is 2. The number of ether oxygens (including phenoxy) is 1. The highest BCUT2D eigenvalue weighted by Crippen LogP contribution is 2.36. The van der Waals surface area contributed by atoms with Crippen LogP contribution in [0.2, 0.25) is 0 Å². The van der Waals surface area contributed by atoms with Gasteiger partial charge in [-0.1, -0.05) is 32.9 Å². The Labute approximate surface area is 166 Å². The molecule has 1 aliphatic heterocycles. The molecule has 1 aromatic heterocycles. The van der Waals surface area contributed by atoms with Crippen LogP contribution in [0.5, 0.6) is 5.75 Å². The molecule has 0 aliphatic carbocycles. The van der Waals surface area contributed by atoms with Crippen molar-refractivity contribution in [1.29, 1.82) is 0 Å². The van der Waals surface area contributed by atoms with Gasteiger partial charge in [0.25, 0.3) is 5.91 Å². The lowest BCUT2D eigenvalue weighted by Crippen LogP contribution is -2.43. The van der Waals surface area contributed by atoms with E-state index in [1.54, 1.807) is 6.07 Å². The number of nitrogens with zero attached hydrogens (tertiary/aromatic N) is 3. The molecule has 0 spiro atoms. The highest BCUT2D eigenvalue weighted by atomic mass is 32.1. The van der Waals surface area contributed by atoms with Crippen molar-refractivity contribution in [1.82, 2.24) is 8.75 Å². The molecule has 0 radical (unpaired) electrons. The molecule has 0 unspecified atom stereocenters. The van der Waals surface area contributed by atoms with E-state index in [0.717, 1.165) is 22.8 Å². The van der Waals surface area contributed by atoms with Gasteiger partial charge in [-0.05, 0) is 35.2 Å². The quantitative estimate of drug-likeness (QED) is 0.734. The molecule has 0 saturated carbocycles. The second kappa shape index (κ2) is 6.87. The number of fused-ring (bicyclic) bond motifs is 2. The highest BCUT2D eigenvalue weighted by Gasteiger charge is 2.29. The molecule has 2 heterocycles. The van der Waals surface area contributed by atoms with Gasteiger partial charge >= 0.3 is 0 Å². The Balaban J connectivity index is 1.60. The second-order valence-corrected chi connectivity index (χ2v) is 8.22. The minimum absolute atomic E-state index is 0.0826. The fourth-order valence-electron chi connectivity index (χ4n) is 3.08. The first-order valence-electron chi connectivity index (χ1n) is 8.92. The van der Waals surface area contributed by atoms with Crippen molar-refractivity contribution in [3.05, 3.63) is 42.0 Å². The number of carbonyl (C=O) groups is 2. The van der Waals surface area contributed by atoms with Gasteiger partial charge in [-0.2, -0.15) is 8.75 Å². The normalized spacial score (nSPS) is 14.0. The zero-order valence-corrected chi connectivity index (χ0v) is 16.7. The maximum atomic E-state index is 12.7. The second-order valence-electron chi connectivity index (χ2n) is 7.69. The van der Waals surface area contributed by atoms with E-state index in [4.69, 9.17) is 4.74 Å². The average Bonchev–Trinajstić information content (AvgIpc) is 3.13. The molecule has 3 aromatic rings. The molecule has 2 aromatic carbocycles. The van der Waals surface area contributed by atoms with Crippen LogP contribution in [0.15, 0.2) is 36.4 Å². The Morgan fingerprint density at radius 2 is 2.07 bits per heavy atom. The van der Waals surface area contributed by atoms with E-state index in [2.05, 4.69) is 34.8 Å². The summed E-state index contributed by atoms with van der Waals surface area (Å²) in [6.07, 6.45) is 0. The number of anilines is 2. The van der Waals surface area contributed by atoms with Gasteiger partial charge in [0.2, 0.25) is 5.91 Å². The van der Waals surface area contributed by atoms with Gasteiger partial charge in [0.1, 0.15) is 23.3 Å². The summed E-state index contributed by atoms with van der Waals surface area (Å²) >= 11 is 1.09. The number of nitrogens with one attached hydrogen (secondary N) is 1. The molecule has 144 valence electrons. The molecule has 0 bridgehead atoms. The van der Waals surface area contributed by atoms with Crippen LogP contribution in [0.4, 0.5) is 11.4 Å². The van der Waals surface area contributed by atoms with Gasteiger partial charge < -0.3 is 10.1 Å². The third kappa shape index (κ3) is 3.43. The van der Waals surface area contributed by atoms with Gasteiger partial charge in [-0.3, -0.25) is 14.5 Å². The summed E-state index contributed by atoms with van der Waals surface area (Å²) in [5.41, 5.74) is 3.55. The molecule has 4 rings (SSSR count). The largest absolute Gasteiger partial charge is 0.482 e. The van der Waals surface area contributed by atoms with Crippen LogP contribution in [0.3, 0.4) is 0 Å². The van der Waals surface area contributed by atoms with Crippen LogP contribution < -0.4 is 15.0 Å². The monoisotopic (exact) mass is 396 g/mol. The van der Waals surface area contributed by atoms with E-state index in [1.807, 2.05) is 30.3 Å². The van der Waals surface area contributed by atoms with Gasteiger partial charge in [0.05, 0.1) is 23.1 Å². The van der Waals surface area contributed by atoms with Crippen LogP contribution in [-0.4, -0.2) is 33.7 Å². The van der Waals surface area contributed by atoms with Crippen LogP contribution in [0.1, 0.15) is 26.3 Å². The van der Waals surface area contributed by atoms with Crippen LogP contribution in [0, 0.1) is 0 Å². The molecule has 7 nitrogen and oxygen atoms in total. The zero-order chi connectivity index (χ0) is 19.9.